The fourth-order valence-electron chi connectivity index (χ4n) is 3.95. The van der Waals surface area contributed by atoms with Crippen LogP contribution in [0.1, 0.15) is 59.3 Å². The SMILES string of the molecule is CC(N)CCCC(C)CN1CC2CCCCN2CC1C. The molecule has 0 radical (unpaired) electrons. The minimum Gasteiger partial charge on any atom is -0.328 e. The van der Waals surface area contributed by atoms with Gasteiger partial charge in [-0.1, -0.05) is 19.8 Å². The minimum atomic E-state index is 0.368. The maximum atomic E-state index is 5.84. The van der Waals surface area contributed by atoms with Gasteiger partial charge in [-0.25, -0.2) is 0 Å². The van der Waals surface area contributed by atoms with Crippen molar-refractivity contribution in [1.82, 2.24) is 9.80 Å². The molecule has 3 heteroatoms. The monoisotopic (exact) mass is 281 g/mol. The molecule has 4 unspecified atom stereocenters. The predicted octanol–water partition coefficient (Wildman–Crippen LogP) is 2.70. The molecular weight excluding hydrogens is 246 g/mol. The number of fused-ring (bicyclic) bond motifs is 1. The van der Waals surface area contributed by atoms with Gasteiger partial charge in [0.05, 0.1) is 0 Å². The normalized spacial score (nSPS) is 31.8. The summed E-state index contributed by atoms with van der Waals surface area (Å²) >= 11 is 0. The maximum absolute atomic E-state index is 5.84. The standard InChI is InChI=1S/C17H35N3/c1-14(7-6-8-15(2)18)11-20-13-17-9-4-5-10-19(17)12-16(20)3/h14-17H,4-13,18H2,1-3H3. The number of hydrogen-bond acceptors (Lipinski definition) is 3. The van der Waals surface area contributed by atoms with Crippen LogP contribution in [0, 0.1) is 5.92 Å². The van der Waals surface area contributed by atoms with Crippen LogP contribution in [0.15, 0.2) is 0 Å². The molecule has 0 aromatic carbocycles. The molecule has 2 heterocycles. The third kappa shape index (κ3) is 4.71. The van der Waals surface area contributed by atoms with Crippen molar-refractivity contribution in [2.75, 3.05) is 26.2 Å². The van der Waals surface area contributed by atoms with E-state index < -0.39 is 0 Å². The van der Waals surface area contributed by atoms with Crippen molar-refractivity contribution in [3.05, 3.63) is 0 Å². The average molecular weight is 281 g/mol. The highest BCUT2D eigenvalue weighted by Gasteiger charge is 2.33. The second-order valence-corrected chi connectivity index (χ2v) is 7.46. The molecule has 2 aliphatic rings. The number of piperazine rings is 1. The summed E-state index contributed by atoms with van der Waals surface area (Å²) in [6, 6.07) is 1.95. The molecule has 20 heavy (non-hydrogen) atoms. The Kier molecular flexibility index (Phi) is 6.31. The van der Waals surface area contributed by atoms with Gasteiger partial charge in [-0.3, -0.25) is 9.80 Å². The predicted molar refractivity (Wildman–Crippen MR) is 86.9 cm³/mol. The van der Waals surface area contributed by atoms with E-state index in [-0.39, 0.29) is 0 Å². The van der Waals surface area contributed by atoms with Gasteiger partial charge in [0, 0.05) is 37.8 Å². The van der Waals surface area contributed by atoms with Crippen molar-refractivity contribution >= 4 is 0 Å². The van der Waals surface area contributed by atoms with E-state index in [1.165, 1.54) is 64.7 Å². The summed E-state index contributed by atoms with van der Waals surface area (Å²) in [5, 5.41) is 0. The fraction of sp³-hybridized carbons (Fsp3) is 1.00. The lowest BCUT2D eigenvalue weighted by atomic mass is 9.95. The summed E-state index contributed by atoms with van der Waals surface area (Å²) in [6.07, 6.45) is 8.07. The number of nitrogens with zero attached hydrogens (tertiary/aromatic N) is 2. The van der Waals surface area contributed by atoms with Crippen molar-refractivity contribution in [3.63, 3.8) is 0 Å². The Balaban J connectivity index is 1.74. The largest absolute Gasteiger partial charge is 0.328 e. The van der Waals surface area contributed by atoms with Crippen molar-refractivity contribution in [2.45, 2.75) is 77.4 Å². The molecule has 3 nitrogen and oxygen atoms in total. The van der Waals surface area contributed by atoms with Crippen LogP contribution in [0.2, 0.25) is 0 Å². The Labute approximate surface area is 125 Å². The van der Waals surface area contributed by atoms with Gasteiger partial charge in [0.1, 0.15) is 0 Å². The van der Waals surface area contributed by atoms with E-state index in [1.807, 2.05) is 0 Å². The molecule has 2 N–H and O–H groups in total. The molecule has 0 amide bonds. The Hall–Kier alpha value is -0.120. The molecule has 2 fully saturated rings. The molecule has 0 bridgehead atoms. The smallest absolute Gasteiger partial charge is 0.0223 e. The molecule has 4 atom stereocenters. The van der Waals surface area contributed by atoms with E-state index in [2.05, 4.69) is 30.6 Å². The molecule has 0 aromatic rings. The first-order chi connectivity index (χ1) is 9.56. The van der Waals surface area contributed by atoms with Crippen LogP contribution in [-0.4, -0.2) is 54.1 Å². The molecule has 0 spiro atoms. The summed E-state index contributed by atoms with van der Waals surface area (Å²) in [6.45, 7) is 12.2. The second-order valence-electron chi connectivity index (χ2n) is 7.46. The first-order valence-corrected chi connectivity index (χ1v) is 8.80. The third-order valence-corrected chi connectivity index (χ3v) is 5.22. The summed E-state index contributed by atoms with van der Waals surface area (Å²) < 4.78 is 0. The first kappa shape index (κ1) is 16.3. The van der Waals surface area contributed by atoms with Crippen molar-refractivity contribution in [1.29, 1.82) is 0 Å². The lowest BCUT2D eigenvalue weighted by molar-refractivity contribution is 0.00818. The molecule has 0 aromatic heterocycles. The van der Waals surface area contributed by atoms with Crippen LogP contribution < -0.4 is 5.73 Å². The molecule has 2 rings (SSSR count). The van der Waals surface area contributed by atoms with Crippen LogP contribution in [0.4, 0.5) is 0 Å². The quantitative estimate of drug-likeness (QED) is 0.812. The van der Waals surface area contributed by atoms with Crippen LogP contribution in [0.3, 0.4) is 0 Å². The Morgan fingerprint density at radius 1 is 1.15 bits per heavy atom. The van der Waals surface area contributed by atoms with Crippen LogP contribution in [-0.2, 0) is 0 Å². The third-order valence-electron chi connectivity index (χ3n) is 5.22. The Morgan fingerprint density at radius 2 is 1.95 bits per heavy atom. The molecule has 2 saturated heterocycles. The zero-order valence-electron chi connectivity index (χ0n) is 13.9. The van der Waals surface area contributed by atoms with E-state index >= 15 is 0 Å². The van der Waals surface area contributed by atoms with Crippen molar-refractivity contribution in [3.8, 4) is 0 Å². The summed E-state index contributed by atoms with van der Waals surface area (Å²) in [7, 11) is 0. The minimum absolute atomic E-state index is 0.368. The van der Waals surface area contributed by atoms with E-state index in [1.54, 1.807) is 0 Å². The molecule has 0 saturated carbocycles. The maximum Gasteiger partial charge on any atom is 0.0223 e. The topological polar surface area (TPSA) is 32.5 Å². The van der Waals surface area contributed by atoms with Gasteiger partial charge in [0.2, 0.25) is 0 Å². The zero-order valence-corrected chi connectivity index (χ0v) is 13.9. The first-order valence-electron chi connectivity index (χ1n) is 8.80. The van der Waals surface area contributed by atoms with Crippen molar-refractivity contribution < 1.29 is 0 Å². The number of nitrogens with two attached hydrogens (primary N) is 1. The Morgan fingerprint density at radius 3 is 2.70 bits per heavy atom. The van der Waals surface area contributed by atoms with E-state index in [9.17, 15) is 0 Å². The summed E-state index contributed by atoms with van der Waals surface area (Å²) in [5.74, 6) is 0.811. The summed E-state index contributed by atoms with van der Waals surface area (Å²) in [4.78, 5) is 5.49. The van der Waals surface area contributed by atoms with Gasteiger partial charge in [0.25, 0.3) is 0 Å². The fourth-order valence-corrected chi connectivity index (χ4v) is 3.95. The number of piperidine rings is 1. The van der Waals surface area contributed by atoms with Crippen LogP contribution in [0.25, 0.3) is 0 Å². The van der Waals surface area contributed by atoms with E-state index in [0.29, 0.717) is 6.04 Å². The van der Waals surface area contributed by atoms with Crippen molar-refractivity contribution in [2.24, 2.45) is 11.7 Å². The second kappa shape index (κ2) is 7.77. The average Bonchev–Trinajstić information content (AvgIpc) is 2.39. The van der Waals surface area contributed by atoms with Gasteiger partial charge in [-0.15, -0.1) is 0 Å². The highest BCUT2D eigenvalue weighted by Crippen LogP contribution is 2.25. The van der Waals surface area contributed by atoms with Gasteiger partial charge >= 0.3 is 0 Å². The molecule has 2 aliphatic heterocycles. The number of rotatable bonds is 6. The van der Waals surface area contributed by atoms with Gasteiger partial charge < -0.3 is 5.73 Å². The molecule has 118 valence electrons. The molecule has 0 aliphatic carbocycles. The Bertz CT molecular complexity index is 279. The number of hydrogen-bond donors (Lipinski definition) is 1. The zero-order chi connectivity index (χ0) is 14.5. The molecular formula is C17H35N3. The lowest BCUT2D eigenvalue weighted by Crippen LogP contribution is -2.59. The lowest BCUT2D eigenvalue weighted by Gasteiger charge is -2.48. The summed E-state index contributed by atoms with van der Waals surface area (Å²) in [5.41, 5.74) is 5.84. The highest BCUT2D eigenvalue weighted by molar-refractivity contribution is 4.89. The van der Waals surface area contributed by atoms with Gasteiger partial charge in [0.15, 0.2) is 0 Å². The van der Waals surface area contributed by atoms with Crippen LogP contribution >= 0.6 is 0 Å². The highest BCUT2D eigenvalue weighted by atomic mass is 15.3. The van der Waals surface area contributed by atoms with E-state index in [0.717, 1.165) is 18.0 Å². The van der Waals surface area contributed by atoms with Crippen LogP contribution in [0.5, 0.6) is 0 Å². The van der Waals surface area contributed by atoms with Gasteiger partial charge in [-0.2, -0.15) is 0 Å². The van der Waals surface area contributed by atoms with Gasteiger partial charge in [-0.05, 0) is 52.0 Å². The van der Waals surface area contributed by atoms with E-state index in [4.69, 9.17) is 5.73 Å².